The van der Waals surface area contributed by atoms with E-state index in [1.807, 2.05) is 0 Å². The Kier molecular flexibility index (Phi) is 6.19. The molecule has 2 heterocycles. The largest absolute Gasteiger partial charge is 0.366 e. The number of nitriles is 1. The van der Waals surface area contributed by atoms with Crippen molar-refractivity contribution in [2.45, 2.75) is 24.9 Å². The van der Waals surface area contributed by atoms with Crippen LogP contribution in [0.15, 0.2) is 42.5 Å². The molecule has 0 bridgehead atoms. The predicted octanol–water partition coefficient (Wildman–Crippen LogP) is 2.74. The van der Waals surface area contributed by atoms with Gasteiger partial charge >= 0.3 is 0 Å². The molecule has 0 unspecified atom stereocenters. The molecule has 2 aromatic rings. The van der Waals surface area contributed by atoms with Gasteiger partial charge in [0, 0.05) is 31.8 Å². The van der Waals surface area contributed by atoms with Gasteiger partial charge < -0.3 is 20.0 Å². The molecule has 0 atom stereocenters. The first-order chi connectivity index (χ1) is 16.5. The second-order valence-corrected chi connectivity index (χ2v) is 9.06. The Bertz CT molecular complexity index is 1230. The SMILES string of the molecule is CNC(=S)N1CC2(C1)C(=O)N(c1ccc(C#N)c(F)c1)CC(=O)N2Cc1ccc(C(C)(F)F)cc1. The summed E-state index contributed by atoms with van der Waals surface area (Å²) in [7, 11) is 1.65. The monoisotopic (exact) mass is 501 g/mol. The zero-order valence-corrected chi connectivity index (χ0v) is 19.8. The molecule has 4 rings (SSSR count). The van der Waals surface area contributed by atoms with E-state index < -0.39 is 23.2 Å². The predicted molar refractivity (Wildman–Crippen MR) is 126 cm³/mol. The lowest BCUT2D eigenvalue weighted by molar-refractivity contribution is -0.160. The van der Waals surface area contributed by atoms with Crippen molar-refractivity contribution < 1.29 is 22.8 Å². The lowest BCUT2D eigenvalue weighted by Crippen LogP contribution is -2.81. The molecule has 2 aliphatic rings. The zero-order chi connectivity index (χ0) is 25.5. The number of thiocarbonyl (C=S) groups is 1. The molecule has 7 nitrogen and oxygen atoms in total. The normalized spacial score (nSPS) is 17.3. The average molecular weight is 502 g/mol. The van der Waals surface area contributed by atoms with E-state index in [9.17, 15) is 22.8 Å². The van der Waals surface area contributed by atoms with Crippen molar-refractivity contribution in [3.8, 4) is 6.07 Å². The van der Waals surface area contributed by atoms with E-state index in [1.54, 1.807) is 18.0 Å². The quantitative estimate of drug-likeness (QED) is 0.650. The highest BCUT2D eigenvalue weighted by Crippen LogP contribution is 2.37. The van der Waals surface area contributed by atoms with Crippen molar-refractivity contribution >= 4 is 34.8 Å². The van der Waals surface area contributed by atoms with E-state index in [2.05, 4.69) is 5.32 Å². The summed E-state index contributed by atoms with van der Waals surface area (Å²) in [6.45, 7) is 0.761. The maximum atomic E-state index is 14.3. The number of nitrogens with zero attached hydrogens (tertiary/aromatic N) is 4. The number of rotatable bonds is 4. The number of nitrogens with one attached hydrogen (secondary N) is 1. The first-order valence-electron chi connectivity index (χ1n) is 10.8. The second-order valence-electron chi connectivity index (χ2n) is 8.68. The van der Waals surface area contributed by atoms with E-state index in [0.717, 1.165) is 13.0 Å². The molecule has 2 aromatic carbocycles. The minimum atomic E-state index is -3.00. The number of alkyl halides is 2. The molecule has 0 radical (unpaired) electrons. The first kappa shape index (κ1) is 24.5. The molecule has 2 amide bonds. The van der Waals surface area contributed by atoms with Crippen molar-refractivity contribution in [2.24, 2.45) is 0 Å². The molecular weight excluding hydrogens is 479 g/mol. The summed E-state index contributed by atoms with van der Waals surface area (Å²) in [5, 5.41) is 12.2. The second kappa shape index (κ2) is 8.85. The maximum absolute atomic E-state index is 14.3. The number of piperazine rings is 1. The van der Waals surface area contributed by atoms with Crippen LogP contribution in [0.4, 0.5) is 18.9 Å². The molecule has 0 saturated carbocycles. The van der Waals surface area contributed by atoms with Crippen molar-refractivity contribution in [1.29, 1.82) is 5.26 Å². The van der Waals surface area contributed by atoms with Gasteiger partial charge in [-0.15, -0.1) is 0 Å². The Balaban J connectivity index is 1.66. The minimum absolute atomic E-state index is 0.0376. The van der Waals surface area contributed by atoms with E-state index in [0.29, 0.717) is 10.7 Å². The Morgan fingerprint density at radius 3 is 2.40 bits per heavy atom. The molecule has 0 aromatic heterocycles. The van der Waals surface area contributed by atoms with Crippen LogP contribution in [0.3, 0.4) is 0 Å². The topological polar surface area (TPSA) is 79.7 Å². The number of benzene rings is 2. The molecule has 2 fully saturated rings. The molecule has 2 aliphatic heterocycles. The summed E-state index contributed by atoms with van der Waals surface area (Å²) < 4.78 is 41.5. The van der Waals surface area contributed by atoms with Gasteiger partial charge in [-0.25, -0.2) is 13.2 Å². The summed E-state index contributed by atoms with van der Waals surface area (Å²) in [4.78, 5) is 31.4. The van der Waals surface area contributed by atoms with Crippen molar-refractivity contribution in [3.05, 3.63) is 65.0 Å². The van der Waals surface area contributed by atoms with Crippen LogP contribution in [0, 0.1) is 17.1 Å². The van der Waals surface area contributed by atoms with Crippen LogP contribution in [-0.2, 0) is 22.1 Å². The Labute approximate surface area is 205 Å². The van der Waals surface area contributed by atoms with Crippen molar-refractivity contribution in [1.82, 2.24) is 15.1 Å². The smallest absolute Gasteiger partial charge is 0.270 e. The third-order valence-corrected chi connectivity index (χ3v) is 6.81. The summed E-state index contributed by atoms with van der Waals surface area (Å²) in [5.74, 6) is -4.58. The van der Waals surface area contributed by atoms with Gasteiger partial charge in [0.25, 0.3) is 11.8 Å². The molecule has 35 heavy (non-hydrogen) atoms. The van der Waals surface area contributed by atoms with Gasteiger partial charge in [0.2, 0.25) is 5.91 Å². The van der Waals surface area contributed by atoms with Gasteiger partial charge in [-0.3, -0.25) is 9.59 Å². The highest BCUT2D eigenvalue weighted by molar-refractivity contribution is 7.80. The van der Waals surface area contributed by atoms with Gasteiger partial charge in [0.15, 0.2) is 10.7 Å². The van der Waals surface area contributed by atoms with Crippen LogP contribution in [0.25, 0.3) is 0 Å². The molecule has 2 saturated heterocycles. The van der Waals surface area contributed by atoms with Gasteiger partial charge in [-0.2, -0.15) is 5.26 Å². The fourth-order valence-corrected chi connectivity index (χ4v) is 4.52. The van der Waals surface area contributed by atoms with E-state index in [4.69, 9.17) is 17.5 Å². The van der Waals surface area contributed by atoms with Gasteiger partial charge in [0.1, 0.15) is 18.4 Å². The van der Waals surface area contributed by atoms with Crippen LogP contribution in [0.2, 0.25) is 0 Å². The summed E-state index contributed by atoms with van der Waals surface area (Å²) >= 11 is 5.27. The van der Waals surface area contributed by atoms with Crippen LogP contribution in [0.1, 0.15) is 23.6 Å². The standard InChI is InChI=1S/C24H22F3N5O2S/c1-23(26,27)17-6-3-15(4-7-17)11-32-20(33)12-31(18-8-5-16(10-28)19(25)9-18)21(34)24(32)13-30(14-24)22(35)29-2/h3-9H,11-14H2,1-2H3,(H,29,35). The summed E-state index contributed by atoms with van der Waals surface area (Å²) in [6, 6.07) is 11.1. The number of carbonyl (C=O) groups excluding carboxylic acids is 2. The number of hydrogen-bond donors (Lipinski definition) is 1. The van der Waals surface area contributed by atoms with Crippen LogP contribution in [0.5, 0.6) is 0 Å². The summed E-state index contributed by atoms with van der Waals surface area (Å²) in [6.07, 6.45) is 0. The van der Waals surface area contributed by atoms with Gasteiger partial charge in [0.05, 0.1) is 18.7 Å². The van der Waals surface area contributed by atoms with E-state index in [-0.39, 0.29) is 48.9 Å². The van der Waals surface area contributed by atoms with E-state index in [1.165, 1.54) is 46.2 Å². The third kappa shape index (κ3) is 4.30. The molecule has 1 N–H and O–H groups in total. The Hall–Kier alpha value is -3.65. The summed E-state index contributed by atoms with van der Waals surface area (Å²) in [5.41, 5.74) is -0.834. The van der Waals surface area contributed by atoms with E-state index >= 15 is 0 Å². The molecular formula is C24H22F3N5O2S. The van der Waals surface area contributed by atoms with Crippen LogP contribution in [-0.4, -0.2) is 58.9 Å². The lowest BCUT2D eigenvalue weighted by Gasteiger charge is -2.58. The average Bonchev–Trinajstić information content (AvgIpc) is 2.79. The Morgan fingerprint density at radius 1 is 1.20 bits per heavy atom. The molecule has 1 spiro atoms. The zero-order valence-electron chi connectivity index (χ0n) is 19.0. The highest BCUT2D eigenvalue weighted by Gasteiger charge is 2.60. The molecule has 182 valence electrons. The van der Waals surface area contributed by atoms with Gasteiger partial charge in [-0.05, 0) is 36.0 Å². The van der Waals surface area contributed by atoms with Gasteiger partial charge in [-0.1, -0.05) is 24.3 Å². The third-order valence-electron chi connectivity index (χ3n) is 6.35. The molecule has 11 heteroatoms. The number of amides is 2. The lowest BCUT2D eigenvalue weighted by atomic mass is 9.83. The Morgan fingerprint density at radius 2 is 1.86 bits per heavy atom. The highest BCUT2D eigenvalue weighted by atomic mass is 32.1. The number of likely N-dealkylation sites (tertiary alicyclic amines) is 1. The first-order valence-corrected chi connectivity index (χ1v) is 11.2. The van der Waals surface area contributed by atoms with Crippen molar-refractivity contribution in [2.75, 3.05) is 31.6 Å². The van der Waals surface area contributed by atoms with Crippen LogP contribution >= 0.6 is 12.2 Å². The number of hydrogen-bond acceptors (Lipinski definition) is 4. The maximum Gasteiger partial charge on any atom is 0.270 e. The van der Waals surface area contributed by atoms with Crippen molar-refractivity contribution in [3.63, 3.8) is 0 Å². The molecule has 0 aliphatic carbocycles. The number of halogens is 3. The fraction of sp³-hybridized carbons (Fsp3) is 0.333. The minimum Gasteiger partial charge on any atom is -0.366 e. The number of anilines is 1. The number of carbonyl (C=O) groups is 2. The van der Waals surface area contributed by atoms with Crippen LogP contribution < -0.4 is 10.2 Å². The fourth-order valence-electron chi connectivity index (χ4n) is 4.39.